The quantitative estimate of drug-likeness (QED) is 0.742. The third kappa shape index (κ3) is 3.97. The molecule has 0 spiro atoms. The topological polar surface area (TPSA) is 83.8 Å². The van der Waals surface area contributed by atoms with Gasteiger partial charge in [0.1, 0.15) is 5.75 Å². The molecule has 1 aromatic heterocycles. The minimum atomic E-state index is -3.97. The summed E-state index contributed by atoms with van der Waals surface area (Å²) < 4.78 is 18.0. The highest BCUT2D eigenvalue weighted by Crippen LogP contribution is 2.58. The highest BCUT2D eigenvalue weighted by Gasteiger charge is 2.34. The molecule has 0 aliphatic carbocycles. The molecule has 118 valence electrons. The molecule has 7 heteroatoms. The van der Waals surface area contributed by atoms with E-state index < -0.39 is 19.2 Å². The Hall–Kier alpha value is -1.62. The first-order valence-corrected chi connectivity index (χ1v) is 9.37. The predicted molar refractivity (Wildman–Crippen MR) is 85.6 cm³/mol. The van der Waals surface area contributed by atoms with E-state index in [2.05, 4.69) is 0 Å². The van der Waals surface area contributed by atoms with Crippen molar-refractivity contribution in [2.24, 2.45) is 0 Å². The lowest BCUT2D eigenvalue weighted by molar-refractivity contribution is -0.136. The fourth-order valence-electron chi connectivity index (χ4n) is 2.23. The summed E-state index contributed by atoms with van der Waals surface area (Å²) in [5, 5.41) is 12.6. The minimum Gasteiger partial charge on any atom is -0.481 e. The highest BCUT2D eigenvalue weighted by atomic mass is 32.1. The second-order valence-corrected chi connectivity index (χ2v) is 7.53. The summed E-state index contributed by atoms with van der Waals surface area (Å²) in [7, 11) is -3.97. The van der Waals surface area contributed by atoms with Crippen LogP contribution in [0.25, 0.3) is 0 Å². The molecule has 2 atom stereocenters. The van der Waals surface area contributed by atoms with Crippen molar-refractivity contribution >= 4 is 24.9 Å². The molecule has 5 nitrogen and oxygen atoms in total. The van der Waals surface area contributed by atoms with Crippen molar-refractivity contribution in [3.05, 3.63) is 52.2 Å². The van der Waals surface area contributed by atoms with Crippen molar-refractivity contribution in [2.75, 3.05) is 0 Å². The normalized spacial score (nSPS) is 15.0. The molecule has 0 aliphatic rings. The summed E-state index contributed by atoms with van der Waals surface area (Å²) in [6, 6.07) is 8.21. The molecule has 2 unspecified atom stereocenters. The van der Waals surface area contributed by atoms with Gasteiger partial charge < -0.3 is 14.5 Å². The maximum atomic E-state index is 12.6. The van der Waals surface area contributed by atoms with Crippen LogP contribution in [0.5, 0.6) is 5.75 Å². The van der Waals surface area contributed by atoms with E-state index in [-0.39, 0.29) is 12.2 Å². The Balaban J connectivity index is 2.28. The van der Waals surface area contributed by atoms with Crippen LogP contribution in [0, 0.1) is 0 Å². The van der Waals surface area contributed by atoms with E-state index in [9.17, 15) is 14.3 Å². The number of carboxylic acid groups (broad SMARTS) is 1. The Bertz CT molecular complexity index is 683. The fraction of sp³-hybridized carbons (Fsp3) is 0.267. The van der Waals surface area contributed by atoms with Gasteiger partial charge in [-0.15, -0.1) is 0 Å². The van der Waals surface area contributed by atoms with Crippen molar-refractivity contribution < 1.29 is 23.9 Å². The lowest BCUT2D eigenvalue weighted by atomic mass is 10.1. The van der Waals surface area contributed by atoms with Gasteiger partial charge in [-0.2, -0.15) is 11.3 Å². The third-order valence-corrected chi connectivity index (χ3v) is 5.86. The highest BCUT2D eigenvalue weighted by molar-refractivity contribution is 7.53. The number of benzene rings is 1. The van der Waals surface area contributed by atoms with Crippen molar-refractivity contribution in [3.8, 4) is 5.75 Å². The van der Waals surface area contributed by atoms with Crippen molar-refractivity contribution in [3.63, 3.8) is 0 Å². The number of hydrogen-bond acceptors (Lipinski definition) is 4. The number of carboxylic acids is 1. The zero-order chi connectivity index (χ0) is 16.2. The van der Waals surface area contributed by atoms with Crippen LogP contribution in [-0.2, 0) is 15.8 Å². The van der Waals surface area contributed by atoms with Crippen LogP contribution in [0.4, 0.5) is 0 Å². The molecule has 0 saturated heterocycles. The summed E-state index contributed by atoms with van der Waals surface area (Å²) in [6.07, 6.45) is 0.191. The van der Waals surface area contributed by atoms with Crippen LogP contribution in [0.1, 0.15) is 30.1 Å². The van der Waals surface area contributed by atoms with Gasteiger partial charge in [0.25, 0.3) is 0 Å². The van der Waals surface area contributed by atoms with E-state index >= 15 is 0 Å². The van der Waals surface area contributed by atoms with Gasteiger partial charge in [0.15, 0.2) is 0 Å². The number of carbonyl (C=O) groups is 1. The smallest absolute Gasteiger partial charge is 0.384 e. The van der Waals surface area contributed by atoms with E-state index in [1.807, 2.05) is 17.7 Å². The van der Waals surface area contributed by atoms with Crippen LogP contribution in [-0.4, -0.2) is 16.0 Å². The summed E-state index contributed by atoms with van der Waals surface area (Å²) in [5.74, 6) is -0.877. The summed E-state index contributed by atoms with van der Waals surface area (Å²) in [5.41, 5.74) is 0.509. The van der Waals surface area contributed by atoms with E-state index in [0.29, 0.717) is 12.0 Å². The van der Waals surface area contributed by atoms with Crippen LogP contribution in [0.15, 0.2) is 41.1 Å². The summed E-state index contributed by atoms with van der Waals surface area (Å²) >= 11 is 1.45. The molecule has 0 bridgehead atoms. The maximum absolute atomic E-state index is 12.6. The first kappa shape index (κ1) is 16.7. The van der Waals surface area contributed by atoms with Crippen LogP contribution < -0.4 is 4.52 Å². The molecule has 0 aliphatic heterocycles. The van der Waals surface area contributed by atoms with Gasteiger partial charge in [0, 0.05) is 5.56 Å². The molecule has 2 N–H and O–H groups in total. The SMILES string of the molecule is CCC(c1ccsc1)P(=O)(O)Oc1ccccc1CC(=O)O. The van der Waals surface area contributed by atoms with Crippen molar-refractivity contribution in [1.29, 1.82) is 0 Å². The Labute approximate surface area is 132 Å². The van der Waals surface area contributed by atoms with Gasteiger partial charge in [-0.25, -0.2) is 4.57 Å². The Morgan fingerprint density at radius 3 is 2.68 bits per heavy atom. The van der Waals surface area contributed by atoms with Gasteiger partial charge >= 0.3 is 13.6 Å². The lowest BCUT2D eigenvalue weighted by Gasteiger charge is -2.22. The minimum absolute atomic E-state index is 0.143. The molecule has 0 saturated carbocycles. The molecule has 22 heavy (non-hydrogen) atoms. The molecule has 0 radical (unpaired) electrons. The molecule has 2 aromatic rings. The largest absolute Gasteiger partial charge is 0.481 e. The van der Waals surface area contributed by atoms with Gasteiger partial charge in [0.05, 0.1) is 12.1 Å². The molecule has 0 fully saturated rings. The van der Waals surface area contributed by atoms with E-state index in [1.165, 1.54) is 17.4 Å². The van der Waals surface area contributed by atoms with E-state index in [4.69, 9.17) is 9.63 Å². The van der Waals surface area contributed by atoms with Gasteiger partial charge in [-0.3, -0.25) is 4.79 Å². The molecule has 2 rings (SSSR count). The van der Waals surface area contributed by atoms with Gasteiger partial charge in [-0.1, -0.05) is 25.1 Å². The number of para-hydroxylation sites is 1. The average molecular weight is 340 g/mol. The molecule has 1 aromatic carbocycles. The van der Waals surface area contributed by atoms with Crippen molar-refractivity contribution in [2.45, 2.75) is 25.4 Å². The summed E-state index contributed by atoms with van der Waals surface area (Å²) in [6.45, 7) is 1.82. The standard InChI is InChI=1S/C15H17O5PS/c1-2-14(12-7-8-22-10-12)21(18,19)20-13-6-4-3-5-11(13)9-15(16)17/h3-8,10,14H,2,9H2,1H3,(H,16,17)(H,18,19). The maximum Gasteiger partial charge on any atom is 0.384 e. The number of thiophene rings is 1. The molecule has 1 heterocycles. The van der Waals surface area contributed by atoms with E-state index in [0.717, 1.165) is 5.56 Å². The number of rotatable bonds is 7. The second-order valence-electron chi connectivity index (χ2n) is 4.81. The van der Waals surface area contributed by atoms with Gasteiger partial charge in [-0.05, 0) is 34.9 Å². The molecular weight excluding hydrogens is 323 g/mol. The zero-order valence-corrected chi connectivity index (χ0v) is 13.7. The first-order chi connectivity index (χ1) is 10.4. The third-order valence-electron chi connectivity index (χ3n) is 3.25. The van der Waals surface area contributed by atoms with Crippen LogP contribution >= 0.6 is 18.9 Å². The Morgan fingerprint density at radius 2 is 2.09 bits per heavy atom. The zero-order valence-electron chi connectivity index (χ0n) is 12.0. The van der Waals surface area contributed by atoms with Crippen LogP contribution in [0.3, 0.4) is 0 Å². The summed E-state index contributed by atoms with van der Waals surface area (Å²) in [4.78, 5) is 21.2. The predicted octanol–water partition coefficient (Wildman–Crippen LogP) is 4.09. The lowest BCUT2D eigenvalue weighted by Crippen LogP contribution is -2.07. The first-order valence-electron chi connectivity index (χ1n) is 6.78. The Morgan fingerprint density at radius 1 is 1.36 bits per heavy atom. The monoisotopic (exact) mass is 340 g/mol. The van der Waals surface area contributed by atoms with Crippen LogP contribution in [0.2, 0.25) is 0 Å². The molecule has 0 amide bonds. The fourth-order valence-corrected chi connectivity index (χ4v) is 4.63. The Kier molecular flexibility index (Phi) is 5.40. The van der Waals surface area contributed by atoms with Crippen molar-refractivity contribution in [1.82, 2.24) is 0 Å². The second kappa shape index (κ2) is 7.09. The van der Waals surface area contributed by atoms with E-state index in [1.54, 1.807) is 24.3 Å². The number of aliphatic carboxylic acids is 1. The number of hydrogen-bond donors (Lipinski definition) is 2. The molecular formula is C15H17O5PS. The van der Waals surface area contributed by atoms with Gasteiger partial charge in [0.2, 0.25) is 0 Å². The average Bonchev–Trinajstić information content (AvgIpc) is 2.94.